The summed E-state index contributed by atoms with van der Waals surface area (Å²) in [6.45, 7) is -0.0242. The molecule has 0 saturated carbocycles. The van der Waals surface area contributed by atoms with E-state index in [0.29, 0.717) is 5.02 Å². The predicted octanol–water partition coefficient (Wildman–Crippen LogP) is 1.93. The molecule has 0 radical (unpaired) electrons. The molecule has 2 N–H and O–H groups in total. The van der Waals surface area contributed by atoms with E-state index < -0.39 is 0 Å². The summed E-state index contributed by atoms with van der Waals surface area (Å²) in [5, 5.41) is 16.3. The third kappa shape index (κ3) is 2.91. The van der Waals surface area contributed by atoms with E-state index in [-0.39, 0.29) is 28.9 Å². The number of anilines is 1. The standard InChI is InChI=1S/C10H8Cl2N4O2/c11-6-1-7(12)10(18)8(2-6)15-9(17)3-16-5-13-4-14-16/h1-2,4-5,18H,3H2,(H,15,17). The molecular formula is C10H8Cl2N4O2. The second kappa shape index (κ2) is 5.24. The normalized spacial score (nSPS) is 10.3. The highest BCUT2D eigenvalue weighted by molar-refractivity contribution is 6.36. The van der Waals surface area contributed by atoms with Crippen LogP contribution < -0.4 is 5.32 Å². The number of hydrogen-bond acceptors (Lipinski definition) is 4. The summed E-state index contributed by atoms with van der Waals surface area (Å²) in [5.74, 6) is -0.609. The second-order valence-corrected chi connectivity index (χ2v) is 4.27. The lowest BCUT2D eigenvalue weighted by molar-refractivity contribution is -0.116. The number of halogens is 2. The molecule has 0 atom stereocenters. The number of nitrogens with one attached hydrogen (secondary N) is 1. The van der Waals surface area contributed by atoms with Gasteiger partial charge in [0.05, 0.1) is 10.7 Å². The third-order valence-electron chi connectivity index (χ3n) is 2.07. The molecule has 0 spiro atoms. The van der Waals surface area contributed by atoms with E-state index in [4.69, 9.17) is 23.2 Å². The van der Waals surface area contributed by atoms with E-state index in [1.165, 1.54) is 29.5 Å². The minimum absolute atomic E-state index is 0.0242. The molecule has 1 aromatic carbocycles. The zero-order chi connectivity index (χ0) is 13.1. The molecule has 2 rings (SSSR count). The van der Waals surface area contributed by atoms with Crippen molar-refractivity contribution in [2.24, 2.45) is 0 Å². The zero-order valence-electron chi connectivity index (χ0n) is 8.97. The molecule has 0 aliphatic heterocycles. The monoisotopic (exact) mass is 286 g/mol. The van der Waals surface area contributed by atoms with Crippen molar-refractivity contribution in [1.29, 1.82) is 0 Å². The van der Waals surface area contributed by atoms with Crippen molar-refractivity contribution in [2.45, 2.75) is 6.54 Å². The number of rotatable bonds is 3. The van der Waals surface area contributed by atoms with Gasteiger partial charge in [0.25, 0.3) is 0 Å². The van der Waals surface area contributed by atoms with Crippen LogP contribution in [0, 0.1) is 0 Å². The summed E-state index contributed by atoms with van der Waals surface area (Å²) in [6.07, 6.45) is 2.73. The number of aromatic nitrogens is 3. The number of carbonyl (C=O) groups is 1. The maximum Gasteiger partial charge on any atom is 0.246 e. The van der Waals surface area contributed by atoms with Crippen LogP contribution in [-0.2, 0) is 11.3 Å². The van der Waals surface area contributed by atoms with Crippen LogP contribution >= 0.6 is 23.2 Å². The van der Waals surface area contributed by atoms with Crippen molar-refractivity contribution in [3.05, 3.63) is 34.8 Å². The molecule has 0 aliphatic carbocycles. The minimum Gasteiger partial charge on any atom is -0.504 e. The van der Waals surface area contributed by atoms with Crippen molar-refractivity contribution in [3.63, 3.8) is 0 Å². The van der Waals surface area contributed by atoms with E-state index in [1.54, 1.807) is 0 Å². The summed E-state index contributed by atoms with van der Waals surface area (Å²) in [5.41, 5.74) is 0.151. The van der Waals surface area contributed by atoms with Gasteiger partial charge in [0.2, 0.25) is 5.91 Å². The van der Waals surface area contributed by atoms with E-state index in [2.05, 4.69) is 15.4 Å². The van der Waals surface area contributed by atoms with Gasteiger partial charge in [-0.15, -0.1) is 0 Å². The molecule has 1 heterocycles. The van der Waals surface area contributed by atoms with Gasteiger partial charge < -0.3 is 10.4 Å². The average molecular weight is 287 g/mol. The van der Waals surface area contributed by atoms with Gasteiger partial charge in [-0.05, 0) is 12.1 Å². The molecule has 18 heavy (non-hydrogen) atoms. The number of benzene rings is 1. The van der Waals surface area contributed by atoms with Crippen LogP contribution in [0.1, 0.15) is 0 Å². The van der Waals surface area contributed by atoms with Crippen molar-refractivity contribution in [2.75, 3.05) is 5.32 Å². The van der Waals surface area contributed by atoms with Gasteiger partial charge >= 0.3 is 0 Å². The molecule has 1 amide bonds. The highest BCUT2D eigenvalue weighted by atomic mass is 35.5. The van der Waals surface area contributed by atoms with Crippen LogP contribution in [0.15, 0.2) is 24.8 Å². The number of phenols is 1. The highest BCUT2D eigenvalue weighted by Gasteiger charge is 2.11. The summed E-state index contributed by atoms with van der Waals surface area (Å²) in [4.78, 5) is 15.4. The molecule has 6 nitrogen and oxygen atoms in total. The quantitative estimate of drug-likeness (QED) is 0.845. The molecule has 0 aliphatic rings. The third-order valence-corrected chi connectivity index (χ3v) is 2.58. The Kier molecular flexibility index (Phi) is 3.69. The molecule has 8 heteroatoms. The first-order valence-electron chi connectivity index (χ1n) is 4.86. The number of hydrogen-bond donors (Lipinski definition) is 2. The van der Waals surface area contributed by atoms with Crippen LogP contribution in [-0.4, -0.2) is 25.8 Å². The first kappa shape index (κ1) is 12.7. The number of phenolic OH excluding ortho intramolecular Hbond substituents is 1. The lowest BCUT2D eigenvalue weighted by atomic mass is 10.3. The van der Waals surface area contributed by atoms with E-state index in [1.807, 2.05) is 0 Å². The fourth-order valence-electron chi connectivity index (χ4n) is 1.31. The van der Waals surface area contributed by atoms with Gasteiger partial charge in [0, 0.05) is 5.02 Å². The van der Waals surface area contributed by atoms with Gasteiger partial charge in [-0.25, -0.2) is 9.67 Å². The van der Waals surface area contributed by atoms with Gasteiger partial charge in [0.15, 0.2) is 5.75 Å². The first-order valence-corrected chi connectivity index (χ1v) is 5.62. The van der Waals surface area contributed by atoms with Crippen molar-refractivity contribution in [1.82, 2.24) is 14.8 Å². The van der Waals surface area contributed by atoms with Crippen LogP contribution in [0.5, 0.6) is 5.75 Å². The maximum absolute atomic E-state index is 11.7. The summed E-state index contributed by atoms with van der Waals surface area (Å²) < 4.78 is 1.35. The smallest absolute Gasteiger partial charge is 0.246 e. The lowest BCUT2D eigenvalue weighted by Gasteiger charge is -2.09. The Morgan fingerprint density at radius 2 is 2.22 bits per heavy atom. The number of amides is 1. The molecule has 0 bridgehead atoms. The van der Waals surface area contributed by atoms with Gasteiger partial charge in [-0.1, -0.05) is 23.2 Å². The van der Waals surface area contributed by atoms with Gasteiger partial charge in [-0.3, -0.25) is 4.79 Å². The Hall–Kier alpha value is -1.79. The van der Waals surface area contributed by atoms with Gasteiger partial charge in [-0.2, -0.15) is 5.10 Å². The Balaban J connectivity index is 2.12. The fourth-order valence-corrected chi connectivity index (χ4v) is 1.81. The van der Waals surface area contributed by atoms with E-state index in [0.717, 1.165) is 0 Å². The Morgan fingerprint density at radius 3 is 2.89 bits per heavy atom. The number of nitrogens with zero attached hydrogens (tertiary/aromatic N) is 3. The predicted molar refractivity (Wildman–Crippen MR) is 66.8 cm³/mol. The summed E-state index contributed by atoms with van der Waals surface area (Å²) in [6, 6.07) is 2.79. The Bertz CT molecular complexity index is 572. The number of aromatic hydroxyl groups is 1. The fraction of sp³-hybridized carbons (Fsp3) is 0.100. The maximum atomic E-state index is 11.7. The largest absolute Gasteiger partial charge is 0.504 e. The Labute approximate surface area is 112 Å². The van der Waals surface area contributed by atoms with Gasteiger partial charge in [0.1, 0.15) is 19.2 Å². The molecule has 1 aromatic heterocycles. The average Bonchev–Trinajstić information content (AvgIpc) is 2.77. The van der Waals surface area contributed by atoms with Crippen LogP contribution in [0.4, 0.5) is 5.69 Å². The molecule has 94 valence electrons. The summed E-state index contributed by atoms with van der Waals surface area (Å²) in [7, 11) is 0. The minimum atomic E-state index is -0.380. The molecule has 2 aromatic rings. The Morgan fingerprint density at radius 1 is 1.44 bits per heavy atom. The highest BCUT2D eigenvalue weighted by Crippen LogP contribution is 2.34. The topological polar surface area (TPSA) is 80.0 Å². The van der Waals surface area contributed by atoms with Crippen LogP contribution in [0.25, 0.3) is 0 Å². The molecular weight excluding hydrogens is 279 g/mol. The van der Waals surface area contributed by atoms with Crippen molar-refractivity contribution in [3.8, 4) is 5.75 Å². The molecule has 0 fully saturated rings. The lowest BCUT2D eigenvalue weighted by Crippen LogP contribution is -2.19. The first-order chi connectivity index (χ1) is 8.56. The van der Waals surface area contributed by atoms with Crippen LogP contribution in [0.3, 0.4) is 0 Å². The van der Waals surface area contributed by atoms with Crippen LogP contribution in [0.2, 0.25) is 10.0 Å². The van der Waals surface area contributed by atoms with E-state index >= 15 is 0 Å². The van der Waals surface area contributed by atoms with Crippen molar-refractivity contribution >= 4 is 34.8 Å². The summed E-state index contributed by atoms with van der Waals surface area (Å²) >= 11 is 11.5. The molecule has 0 unspecified atom stereocenters. The van der Waals surface area contributed by atoms with E-state index in [9.17, 15) is 9.90 Å². The zero-order valence-corrected chi connectivity index (χ0v) is 10.5. The SMILES string of the molecule is O=C(Cn1cncn1)Nc1cc(Cl)cc(Cl)c1O. The number of carbonyl (C=O) groups excluding carboxylic acids is 1. The molecule has 0 saturated heterocycles. The van der Waals surface area contributed by atoms with Crippen molar-refractivity contribution < 1.29 is 9.90 Å². The second-order valence-electron chi connectivity index (χ2n) is 3.43.